The first-order valence-electron chi connectivity index (χ1n) is 10.3. The number of anilines is 1. The van der Waals surface area contributed by atoms with E-state index in [0.29, 0.717) is 5.56 Å². The van der Waals surface area contributed by atoms with E-state index < -0.39 is 34.9 Å². The molecule has 6 nitrogen and oxygen atoms in total. The van der Waals surface area contributed by atoms with Crippen LogP contribution in [-0.2, 0) is 15.1 Å². The van der Waals surface area contributed by atoms with Crippen molar-refractivity contribution in [3.8, 4) is 0 Å². The molecule has 1 N–H and O–H groups in total. The van der Waals surface area contributed by atoms with Crippen LogP contribution in [-0.4, -0.2) is 39.4 Å². The number of nitrogens with one attached hydrogen (secondary N) is 1. The lowest BCUT2D eigenvalue weighted by molar-refractivity contribution is -0.132. The molecule has 0 bridgehead atoms. The molecule has 2 atom stereocenters. The number of carbonyl (C=O) groups excluding carboxylic acids is 2. The molecular formula is C22H23Cl2F3N4O2. The number of hydrogen-bond acceptors (Lipinski definition) is 4. The van der Waals surface area contributed by atoms with Crippen LogP contribution in [0.4, 0.5) is 18.9 Å². The standard InChI is InChI=1S/C22H23Cl2F3N4O2/c1-13-3-4-16(9-17(13)23)31(19(32)18(24)25)21(2,14-10-28-12-29-11-14)20(33)30-15-5-7-22(26,27)8-6-15/h3-4,9-12,15,18H,5-8H2,1-2H3,(H,30,33)/t18-,21-/m0/s1. The first-order valence-corrected chi connectivity index (χ1v) is 11.1. The minimum absolute atomic E-state index is 0.0612. The first-order chi connectivity index (χ1) is 15.5. The molecule has 1 saturated carbocycles. The van der Waals surface area contributed by atoms with Gasteiger partial charge in [-0.1, -0.05) is 29.3 Å². The van der Waals surface area contributed by atoms with Gasteiger partial charge in [-0.05, 0) is 44.4 Å². The number of carbonyl (C=O) groups is 2. The summed E-state index contributed by atoms with van der Waals surface area (Å²) in [6, 6.07) is 4.00. The van der Waals surface area contributed by atoms with Gasteiger partial charge in [0.1, 0.15) is 6.33 Å². The van der Waals surface area contributed by atoms with Crippen molar-refractivity contribution in [2.24, 2.45) is 0 Å². The molecule has 1 aliphatic rings. The molecule has 0 aliphatic heterocycles. The monoisotopic (exact) mass is 502 g/mol. The predicted molar refractivity (Wildman–Crippen MR) is 119 cm³/mol. The molecule has 3 rings (SSSR count). The molecule has 0 radical (unpaired) electrons. The molecule has 2 amide bonds. The van der Waals surface area contributed by atoms with E-state index in [4.69, 9.17) is 23.2 Å². The fourth-order valence-electron chi connectivity index (χ4n) is 3.85. The summed E-state index contributed by atoms with van der Waals surface area (Å²) in [5, 5.41) is 3.03. The predicted octanol–water partition coefficient (Wildman–Crippen LogP) is 4.92. The van der Waals surface area contributed by atoms with Gasteiger partial charge < -0.3 is 5.32 Å². The van der Waals surface area contributed by atoms with Crippen molar-refractivity contribution < 1.29 is 22.8 Å². The van der Waals surface area contributed by atoms with Crippen molar-refractivity contribution in [3.05, 3.63) is 53.1 Å². The molecule has 1 heterocycles. The maximum Gasteiger partial charge on any atom is 0.278 e. The Bertz CT molecular complexity index is 1020. The number of aromatic nitrogens is 2. The summed E-state index contributed by atoms with van der Waals surface area (Å²) in [5.74, 6) is -4.69. The molecule has 2 aromatic rings. The molecule has 1 fully saturated rings. The lowest BCUT2D eigenvalue weighted by atomic mass is 9.87. The van der Waals surface area contributed by atoms with Gasteiger partial charge in [0.05, 0.1) is 0 Å². The third-order valence-corrected chi connectivity index (χ3v) is 6.48. The smallest absolute Gasteiger partial charge is 0.278 e. The van der Waals surface area contributed by atoms with Crippen LogP contribution >= 0.6 is 23.2 Å². The summed E-state index contributed by atoms with van der Waals surface area (Å²) in [7, 11) is 0. The van der Waals surface area contributed by atoms with Gasteiger partial charge in [0.2, 0.25) is 5.92 Å². The summed E-state index contributed by atoms with van der Waals surface area (Å²) in [6.07, 6.45) is 3.26. The average molecular weight is 503 g/mol. The SMILES string of the molecule is Cc1ccc(N(C(=O)[C@H](F)Cl)[C@](C)(C(=O)NC2CCC(F)(F)CC2)c2cncnc2)cc1Cl. The Morgan fingerprint density at radius 2 is 1.85 bits per heavy atom. The number of hydrogen-bond donors (Lipinski definition) is 1. The molecule has 178 valence electrons. The lowest BCUT2D eigenvalue weighted by Crippen LogP contribution is -2.60. The van der Waals surface area contributed by atoms with Gasteiger partial charge in [-0.2, -0.15) is 0 Å². The number of alkyl halides is 4. The molecule has 1 aliphatic carbocycles. The highest BCUT2D eigenvalue weighted by molar-refractivity contribution is 6.33. The molecule has 1 aromatic heterocycles. The van der Waals surface area contributed by atoms with E-state index in [9.17, 15) is 22.8 Å². The van der Waals surface area contributed by atoms with E-state index in [0.717, 1.165) is 4.90 Å². The van der Waals surface area contributed by atoms with Gasteiger partial charge in [-0.3, -0.25) is 14.5 Å². The zero-order chi connectivity index (χ0) is 24.4. The number of aryl methyl sites for hydroxylation is 1. The minimum Gasteiger partial charge on any atom is -0.351 e. The molecule has 1 aromatic carbocycles. The number of benzene rings is 1. The van der Waals surface area contributed by atoms with Crippen LogP contribution in [0.3, 0.4) is 0 Å². The van der Waals surface area contributed by atoms with Gasteiger partial charge in [-0.15, -0.1) is 0 Å². The Balaban J connectivity index is 2.08. The van der Waals surface area contributed by atoms with E-state index >= 15 is 0 Å². The molecule has 11 heteroatoms. The topological polar surface area (TPSA) is 75.2 Å². The van der Waals surface area contributed by atoms with Crippen molar-refractivity contribution in [1.82, 2.24) is 15.3 Å². The van der Waals surface area contributed by atoms with Gasteiger partial charge in [0.25, 0.3) is 17.4 Å². The Hall–Kier alpha value is -2.39. The molecule has 0 unspecified atom stereocenters. The van der Waals surface area contributed by atoms with Crippen molar-refractivity contribution in [1.29, 1.82) is 0 Å². The summed E-state index contributed by atoms with van der Waals surface area (Å²) in [4.78, 5) is 35.4. The van der Waals surface area contributed by atoms with Crippen molar-refractivity contribution in [2.75, 3.05) is 4.90 Å². The van der Waals surface area contributed by atoms with Crippen LogP contribution in [0.1, 0.15) is 43.7 Å². The van der Waals surface area contributed by atoms with Crippen LogP contribution in [0.25, 0.3) is 0 Å². The fourth-order valence-corrected chi connectivity index (χ4v) is 4.12. The number of rotatable bonds is 6. The van der Waals surface area contributed by atoms with Gasteiger partial charge >= 0.3 is 0 Å². The van der Waals surface area contributed by atoms with Crippen LogP contribution in [0, 0.1) is 6.92 Å². The fraction of sp³-hybridized carbons (Fsp3) is 0.455. The Morgan fingerprint density at radius 3 is 2.39 bits per heavy atom. The second-order valence-corrected chi connectivity index (χ2v) is 9.00. The molecular weight excluding hydrogens is 480 g/mol. The highest BCUT2D eigenvalue weighted by atomic mass is 35.5. The molecule has 33 heavy (non-hydrogen) atoms. The first kappa shape index (κ1) is 25.2. The van der Waals surface area contributed by atoms with E-state index in [2.05, 4.69) is 15.3 Å². The normalized spacial score (nSPS) is 18.8. The van der Waals surface area contributed by atoms with Crippen molar-refractivity contribution in [3.63, 3.8) is 0 Å². The zero-order valence-corrected chi connectivity index (χ0v) is 19.5. The van der Waals surface area contributed by atoms with Gasteiger partial charge in [0.15, 0.2) is 5.54 Å². The van der Waals surface area contributed by atoms with Crippen molar-refractivity contribution >= 4 is 40.7 Å². The molecule has 0 saturated heterocycles. The van der Waals surface area contributed by atoms with E-state index in [1.165, 1.54) is 37.8 Å². The van der Waals surface area contributed by atoms with Crippen LogP contribution in [0.15, 0.2) is 36.9 Å². The summed E-state index contributed by atoms with van der Waals surface area (Å²) < 4.78 is 41.3. The van der Waals surface area contributed by atoms with E-state index in [1.54, 1.807) is 13.0 Å². The van der Waals surface area contributed by atoms with Crippen LogP contribution in [0.5, 0.6) is 0 Å². The maximum absolute atomic E-state index is 14.2. The largest absolute Gasteiger partial charge is 0.351 e. The van der Waals surface area contributed by atoms with E-state index in [1.807, 2.05) is 0 Å². The van der Waals surface area contributed by atoms with Gasteiger partial charge in [-0.25, -0.2) is 23.1 Å². The molecule has 0 spiro atoms. The minimum atomic E-state index is -2.78. The Kier molecular flexibility index (Phi) is 7.53. The number of amides is 2. The lowest BCUT2D eigenvalue weighted by Gasteiger charge is -2.41. The zero-order valence-electron chi connectivity index (χ0n) is 18.0. The summed E-state index contributed by atoms with van der Waals surface area (Å²) in [5.41, 5.74) is -3.33. The van der Waals surface area contributed by atoms with Gasteiger partial charge in [0, 0.05) is 47.6 Å². The van der Waals surface area contributed by atoms with Crippen LogP contribution < -0.4 is 10.2 Å². The second kappa shape index (κ2) is 9.85. The number of halogens is 5. The van der Waals surface area contributed by atoms with Crippen molar-refractivity contribution in [2.45, 2.75) is 62.7 Å². The third-order valence-electron chi connectivity index (χ3n) is 5.89. The Labute approximate surface area is 199 Å². The highest BCUT2D eigenvalue weighted by Crippen LogP contribution is 2.38. The van der Waals surface area contributed by atoms with Crippen LogP contribution in [0.2, 0.25) is 5.02 Å². The summed E-state index contributed by atoms with van der Waals surface area (Å²) >= 11 is 11.8. The second-order valence-electron chi connectivity index (χ2n) is 8.21. The quantitative estimate of drug-likeness (QED) is 0.569. The highest BCUT2D eigenvalue weighted by Gasteiger charge is 2.48. The average Bonchev–Trinajstić information content (AvgIpc) is 2.78. The number of nitrogens with zero attached hydrogens (tertiary/aromatic N) is 3. The Morgan fingerprint density at radius 1 is 1.24 bits per heavy atom. The summed E-state index contributed by atoms with van der Waals surface area (Å²) in [6.45, 7) is 3.14. The maximum atomic E-state index is 14.2. The van der Waals surface area contributed by atoms with E-state index in [-0.39, 0.29) is 42.0 Å². The third kappa shape index (κ3) is 5.41.